The van der Waals surface area contributed by atoms with E-state index in [0.29, 0.717) is 154 Å². The van der Waals surface area contributed by atoms with Gasteiger partial charge in [-0.15, -0.1) is 0 Å². The second-order valence-corrected chi connectivity index (χ2v) is 53.6. The van der Waals surface area contributed by atoms with Gasteiger partial charge < -0.3 is 52.9 Å². The number of rotatable bonds is 16. The summed E-state index contributed by atoms with van der Waals surface area (Å²) in [7, 11) is -4.25. The molecular weight excluding hydrogens is 2000 g/mol. The van der Waals surface area contributed by atoms with Gasteiger partial charge >= 0.3 is 0 Å². The van der Waals surface area contributed by atoms with E-state index >= 15 is 0 Å². The maximum absolute atomic E-state index is 13.4. The molecule has 0 amide bonds. The Hall–Kier alpha value is -10.9. The number of imidazole rings is 1. The van der Waals surface area contributed by atoms with E-state index in [9.17, 15) is 25.3 Å². The summed E-state index contributed by atoms with van der Waals surface area (Å²) in [6.07, 6.45) is 18.6. The lowest BCUT2D eigenvalue weighted by Crippen LogP contribution is -2.44. The number of hydrogen-bond donors (Lipinski definition) is 0. The normalized spacial score (nSPS) is 27.1. The number of fused-ring (bicyclic) bond motifs is 2. The molecule has 0 bridgehead atoms. The maximum atomic E-state index is 13.4. The van der Waals surface area contributed by atoms with Crippen molar-refractivity contribution >= 4 is 107 Å². The van der Waals surface area contributed by atoms with Gasteiger partial charge in [0.1, 0.15) is 44.8 Å². The molecule has 1 aliphatic carbocycles. The van der Waals surface area contributed by atoms with Crippen LogP contribution in [-0.4, -0.2) is 298 Å². The van der Waals surface area contributed by atoms with Gasteiger partial charge in [0.05, 0.1) is 209 Å². The Kier molecular flexibility index (Phi) is 33.0. The Balaban J connectivity index is 0.000000121. The highest BCUT2D eigenvalue weighted by Crippen LogP contribution is 2.47. The zero-order valence-corrected chi connectivity index (χ0v) is 92.0. The molecule has 0 saturated carbocycles. The van der Waals surface area contributed by atoms with Crippen LogP contribution in [0.4, 0.5) is 29.1 Å². The van der Waals surface area contributed by atoms with Gasteiger partial charge in [-0.05, 0) is 193 Å². The van der Waals surface area contributed by atoms with Crippen LogP contribution >= 0.6 is 11.6 Å². The quantitative estimate of drug-likeness (QED) is 0.0811. The molecule has 20 heterocycles. The number of aromatic nitrogens is 16. The number of anilines is 5. The number of halogens is 1. The van der Waals surface area contributed by atoms with E-state index < -0.39 is 53.5 Å². The second-order valence-electron chi connectivity index (χ2n) is 39.8. The molecule has 14 atom stereocenters. The first-order valence-corrected chi connectivity index (χ1v) is 60.3. The number of sulfone groups is 1. The largest absolute Gasteiger partial charge is 0.481 e. The lowest BCUT2D eigenvalue weighted by atomic mass is 10.00. The summed E-state index contributed by atoms with van der Waals surface area (Å²) >= 11 is 6.19. The smallest absolute Gasteiger partial charge is 0.237 e. The van der Waals surface area contributed by atoms with Gasteiger partial charge in [0.25, 0.3) is 0 Å². The minimum absolute atomic E-state index is 0.141. The third-order valence-electron chi connectivity index (χ3n) is 29.8. The molecule has 37 nitrogen and oxygen atoms in total. The van der Waals surface area contributed by atoms with Crippen LogP contribution in [0.1, 0.15) is 189 Å². The fraction of sp³-hybridized carbons (Fsp3) is 0.533. The Morgan fingerprint density at radius 3 is 1.28 bits per heavy atom. The summed E-state index contributed by atoms with van der Waals surface area (Å²) in [5.74, 6) is 11.1. The van der Waals surface area contributed by atoms with Crippen LogP contribution in [0, 0.1) is 27.7 Å². The van der Waals surface area contributed by atoms with E-state index in [1.165, 1.54) is 0 Å². The minimum atomic E-state index is -3.27. The number of allylic oxidation sites excluding steroid dienone is 1. The molecule has 0 N–H and O–H groups in total. The average Bonchev–Trinajstić information content (AvgIpc) is 1.58. The van der Waals surface area contributed by atoms with Crippen molar-refractivity contribution in [1.29, 1.82) is 0 Å². The summed E-state index contributed by atoms with van der Waals surface area (Å²) in [6, 6.07) is 30.3. The number of aryl methyl sites for hydroxylation is 4. The van der Waals surface area contributed by atoms with E-state index in [2.05, 4.69) is 109 Å². The van der Waals surface area contributed by atoms with Gasteiger partial charge in [-0.2, -0.15) is 4.98 Å². The van der Waals surface area contributed by atoms with Crippen LogP contribution in [0.15, 0.2) is 133 Å². The maximum Gasteiger partial charge on any atom is 0.237 e. The first kappa shape index (κ1) is 107. The molecule has 9 unspecified atom stereocenters. The van der Waals surface area contributed by atoms with Crippen molar-refractivity contribution in [2.45, 2.75) is 196 Å². The molecular formula is C105H136ClN25O12S5. The topological polar surface area (TPSA) is 422 Å². The van der Waals surface area contributed by atoms with Crippen LogP contribution in [-0.2, 0) is 83.6 Å². The molecule has 148 heavy (non-hydrogen) atoms. The third kappa shape index (κ3) is 22.8. The first-order chi connectivity index (χ1) is 71.2. The fourth-order valence-corrected chi connectivity index (χ4v) is 33.1. The molecule has 43 heteroatoms. The summed E-state index contributed by atoms with van der Waals surface area (Å²) in [5.41, 5.74) is 13.9. The highest BCUT2D eigenvalue weighted by atomic mass is 35.5. The van der Waals surface area contributed by atoms with Crippen molar-refractivity contribution in [1.82, 2.24) is 79.3 Å². The summed E-state index contributed by atoms with van der Waals surface area (Å²) in [4.78, 5) is 82.0. The number of hydrogen-bond acceptors (Lipinski definition) is 36. The second kappa shape index (κ2) is 45.7. The molecule has 22 rings (SSSR count). The number of nitrogens with zero attached hydrogens (tertiary/aromatic N) is 25. The van der Waals surface area contributed by atoms with Crippen LogP contribution in [0.5, 0.6) is 5.88 Å². The SMILES string of the molecule is CN=S1(=O)CCCC1c1cc(N2CCOC[C@H]2C)nc(-c2cc(C)nc(Cl)c2)n1.CN=S1(=O)CCCC1c1cc(N2CCOC[C@H]2C)nc(-c2cc(C)nc(OC)c2)n1.CN=S1(=O)CCCC1c1cc(N2CCOC[C@H]2C)nc(-c2ccnc(C)c2)n1.CN=S1(=O)CCCC1c1cc(N2CCOC[C@H]2C)nc(-n2c(C)nc3ccccc32)n1.C[C@@H]1COCCN1c1cc(C2(C)CCCS2(=O)=O)nc(-c2cncc3c2C=CC3)n1. The Bertz CT molecular complexity index is 7440. The predicted molar refractivity (Wildman–Crippen MR) is 583 cm³/mol. The number of para-hydroxylation sites is 2. The minimum Gasteiger partial charge on any atom is -0.481 e. The molecule has 10 aromatic heterocycles. The van der Waals surface area contributed by atoms with Crippen molar-refractivity contribution in [3.63, 3.8) is 0 Å². The standard InChI is InChI=1S/C22H28N6O2S.C22H26N4O3S.C21H29N5O3S.C20H26ClN5O2S.C20H27N5O2S/c1-15-14-30-11-10-27(15)21-13-18(20-9-6-12-31(20,29)23-3)25-22(26-21)28-16(2)24-17-7-4-5-8-19(17)28;1-15-14-29-9-8-26(15)20-11-19(22(2)7-4-10-30(22,27)28)24-21(25-20)18-13-23-12-16-5-3-6-17(16)18;1-14-10-16(11-20(23-14)28-4)21-24-17(18-6-5-9-30(18,27)22-3)12-19(25-21)26-7-8-29-13-15(26)2;1-13-9-15(10-18(21)23-13)20-24-16(17-5-4-8-29(17,27)22-3)11-19(25-20)26-6-7-28-12-14(26)2;1-14-11-16(6-7-22-14)20-23-17(18-5-4-10-28(18,26)21-3)12-19(24-20)25-8-9-27-13-15(25)2/h4-5,7-8,13,15,20H,6,9-12,14H2,1-3H3;3,6,11-13,15H,4-5,7-10,14H2,1-2H3;10-12,15,18H,5-9,13H2,1-4H3;9-11,14,17H,4-8,12H2,1-3H3;6-7,11-12,15,18H,4-5,8-10,13H2,1-3H3/t15-,20?,31?;15-,22?;15-,18?,30?;14-,17?,29?;15-,18?,28?/m11111/s1. The van der Waals surface area contributed by atoms with Crippen LogP contribution in [0.25, 0.3) is 68.6 Å². The predicted octanol–water partition coefficient (Wildman–Crippen LogP) is 15.7. The van der Waals surface area contributed by atoms with Crippen molar-refractivity contribution in [3.8, 4) is 57.4 Å². The zero-order valence-electron chi connectivity index (χ0n) is 87.2. The van der Waals surface area contributed by atoms with Crippen LogP contribution in [0.2, 0.25) is 5.15 Å². The van der Waals surface area contributed by atoms with Gasteiger partial charge in [-0.3, -0.25) is 14.5 Å². The van der Waals surface area contributed by atoms with Gasteiger partial charge in [0.2, 0.25) is 11.8 Å². The highest BCUT2D eigenvalue weighted by Gasteiger charge is 2.48. The van der Waals surface area contributed by atoms with Gasteiger partial charge in [-0.25, -0.2) is 103 Å². The Morgan fingerprint density at radius 1 is 0.432 bits per heavy atom. The number of benzene rings is 1. The van der Waals surface area contributed by atoms with E-state index in [0.717, 1.165) is 203 Å². The van der Waals surface area contributed by atoms with Crippen LogP contribution in [0.3, 0.4) is 0 Å². The molecule has 11 aromatic rings. The lowest BCUT2D eigenvalue weighted by molar-refractivity contribution is 0.0985. The first-order valence-electron chi connectivity index (χ1n) is 51.3. The van der Waals surface area contributed by atoms with Crippen molar-refractivity contribution < 1.29 is 53.7 Å². The van der Waals surface area contributed by atoms with E-state index in [4.69, 9.17) is 94.8 Å². The summed E-state index contributed by atoms with van der Waals surface area (Å²) in [5, 5.41) is -0.267. The lowest BCUT2D eigenvalue weighted by Gasteiger charge is -2.35. The molecule has 10 saturated heterocycles. The fourth-order valence-electron chi connectivity index (χ4n) is 21.6. The van der Waals surface area contributed by atoms with Crippen molar-refractivity contribution in [2.75, 3.05) is 187 Å². The number of pyridine rings is 4. The Morgan fingerprint density at radius 2 is 0.851 bits per heavy atom. The third-order valence-corrected chi connectivity index (χ3v) is 44.0. The number of ether oxygens (including phenoxy) is 6. The number of morpholine rings is 5. The van der Waals surface area contributed by atoms with Gasteiger partial charge in [0.15, 0.2) is 33.1 Å². The average molecular weight is 2140 g/mol. The monoisotopic (exact) mass is 2130 g/mol. The summed E-state index contributed by atoms with van der Waals surface area (Å²) in [6.45, 7) is 30.5. The zero-order chi connectivity index (χ0) is 104. The molecule has 0 radical (unpaired) electrons. The highest BCUT2D eigenvalue weighted by molar-refractivity contribution is 7.95. The van der Waals surface area contributed by atoms with Crippen molar-refractivity contribution in [2.24, 2.45) is 17.5 Å². The van der Waals surface area contributed by atoms with E-state index in [-0.39, 0.29) is 57.0 Å². The van der Waals surface area contributed by atoms with E-state index in [1.807, 2.05) is 130 Å². The molecule has 1 aromatic carbocycles. The summed E-state index contributed by atoms with van der Waals surface area (Å²) < 4.78 is 131. The van der Waals surface area contributed by atoms with E-state index in [1.54, 1.807) is 53.8 Å². The van der Waals surface area contributed by atoms with Gasteiger partial charge in [-0.1, -0.05) is 35.9 Å². The molecule has 790 valence electrons. The van der Waals surface area contributed by atoms with Crippen LogP contribution < -0.4 is 29.2 Å². The molecule has 10 fully saturated rings. The van der Waals surface area contributed by atoms with Gasteiger partial charge in [0, 0.05) is 178 Å². The molecule has 11 aliphatic rings. The molecule has 0 spiro atoms. The molecule has 10 aliphatic heterocycles. The Labute approximate surface area is 874 Å². The number of methoxy groups -OCH3 is 1. The van der Waals surface area contributed by atoms with Crippen molar-refractivity contribution in [3.05, 3.63) is 183 Å².